The van der Waals surface area contributed by atoms with Gasteiger partial charge in [0, 0.05) is 12.1 Å². The molecule has 0 amide bonds. The summed E-state index contributed by atoms with van der Waals surface area (Å²) in [6.07, 6.45) is 0.979. The zero-order valence-corrected chi connectivity index (χ0v) is 16.5. The fourth-order valence-electron chi connectivity index (χ4n) is 3.54. The Morgan fingerprint density at radius 3 is 2.62 bits per heavy atom. The van der Waals surface area contributed by atoms with Crippen LogP contribution in [-0.4, -0.2) is 41.5 Å². The lowest BCUT2D eigenvalue weighted by Crippen LogP contribution is -2.17. The van der Waals surface area contributed by atoms with Gasteiger partial charge in [0.1, 0.15) is 23.3 Å². The second-order valence-corrected chi connectivity index (χ2v) is 7.28. The maximum absolute atomic E-state index is 13.4. The van der Waals surface area contributed by atoms with Crippen molar-refractivity contribution in [3.63, 3.8) is 0 Å². The number of hydrogen-bond acceptors (Lipinski definition) is 4. The summed E-state index contributed by atoms with van der Waals surface area (Å²) in [6.45, 7) is 1.76. The molecule has 0 radical (unpaired) electrons. The summed E-state index contributed by atoms with van der Waals surface area (Å²) >= 11 is 0. The van der Waals surface area contributed by atoms with Gasteiger partial charge in [0.15, 0.2) is 5.65 Å². The Bertz CT molecular complexity index is 1200. The van der Waals surface area contributed by atoms with Crippen molar-refractivity contribution in [3.05, 3.63) is 66.0 Å². The third-order valence-corrected chi connectivity index (χ3v) is 4.93. The molecule has 4 aromatic rings. The van der Waals surface area contributed by atoms with Gasteiger partial charge >= 0.3 is 0 Å². The van der Waals surface area contributed by atoms with Crippen molar-refractivity contribution in [2.45, 2.75) is 6.42 Å². The molecule has 0 atom stereocenters. The second kappa shape index (κ2) is 7.90. The third kappa shape index (κ3) is 3.65. The molecular formula is C23H22FN5. The van der Waals surface area contributed by atoms with Crippen molar-refractivity contribution in [1.29, 1.82) is 5.26 Å². The number of nitrogens with one attached hydrogen (secondary N) is 1. The summed E-state index contributed by atoms with van der Waals surface area (Å²) in [7, 11) is 4.10. The quantitative estimate of drug-likeness (QED) is 0.494. The Balaban J connectivity index is 1.90. The van der Waals surface area contributed by atoms with Crippen LogP contribution in [0.5, 0.6) is 0 Å². The molecule has 4 rings (SSSR count). The maximum atomic E-state index is 13.4. The Morgan fingerprint density at radius 2 is 1.90 bits per heavy atom. The van der Waals surface area contributed by atoms with Crippen molar-refractivity contribution >= 4 is 22.5 Å². The van der Waals surface area contributed by atoms with Crippen LogP contribution in [0.25, 0.3) is 27.8 Å². The number of halogens is 1. The van der Waals surface area contributed by atoms with E-state index in [-0.39, 0.29) is 5.82 Å². The van der Waals surface area contributed by atoms with E-state index >= 15 is 0 Å². The topological polar surface area (TPSA) is 56.4 Å². The number of aromatic nitrogens is 2. The SMILES string of the molecule is CN(C)CCCNc1cc(-c2ccc(F)cc2)c(C#N)c2nc3ccccc3n12. The van der Waals surface area contributed by atoms with Gasteiger partial charge in [-0.1, -0.05) is 24.3 Å². The molecule has 2 heterocycles. The Kier molecular flexibility index (Phi) is 5.15. The smallest absolute Gasteiger partial charge is 0.158 e. The summed E-state index contributed by atoms with van der Waals surface area (Å²) < 4.78 is 15.4. The first-order valence-corrected chi connectivity index (χ1v) is 9.57. The first-order valence-electron chi connectivity index (χ1n) is 9.57. The van der Waals surface area contributed by atoms with Gasteiger partial charge in [0.05, 0.1) is 11.0 Å². The predicted molar refractivity (Wildman–Crippen MR) is 114 cm³/mol. The molecule has 6 heteroatoms. The highest BCUT2D eigenvalue weighted by molar-refractivity contribution is 5.89. The van der Waals surface area contributed by atoms with Gasteiger partial charge in [-0.2, -0.15) is 5.26 Å². The zero-order valence-electron chi connectivity index (χ0n) is 16.5. The lowest BCUT2D eigenvalue weighted by Gasteiger charge is -2.15. The standard InChI is InChI=1S/C23H22FN5/c1-28(2)13-5-12-26-22-14-18(16-8-10-17(24)11-9-16)19(15-25)23-27-20-6-3-4-7-21(20)29(22)23/h3-4,6-11,14,26H,5,12-13H2,1-2H3. The molecule has 0 aliphatic heterocycles. The molecule has 2 aromatic carbocycles. The number of nitriles is 1. The third-order valence-electron chi connectivity index (χ3n) is 4.93. The predicted octanol–water partition coefficient (Wildman–Crippen LogP) is 4.53. The summed E-state index contributed by atoms with van der Waals surface area (Å²) in [4.78, 5) is 6.87. The molecule has 0 saturated heterocycles. The molecule has 146 valence electrons. The highest BCUT2D eigenvalue weighted by Gasteiger charge is 2.18. The number of anilines is 1. The van der Waals surface area contributed by atoms with E-state index in [1.807, 2.05) is 34.7 Å². The van der Waals surface area contributed by atoms with E-state index in [1.54, 1.807) is 12.1 Å². The Hall–Kier alpha value is -3.43. The highest BCUT2D eigenvalue weighted by atomic mass is 19.1. The molecule has 0 fully saturated rings. The van der Waals surface area contributed by atoms with Gasteiger partial charge in [-0.05, 0) is 63.0 Å². The minimum absolute atomic E-state index is 0.304. The summed E-state index contributed by atoms with van der Waals surface area (Å²) in [5.41, 5.74) is 4.38. The van der Waals surface area contributed by atoms with Crippen molar-refractivity contribution in [3.8, 4) is 17.2 Å². The van der Waals surface area contributed by atoms with E-state index in [0.717, 1.165) is 47.5 Å². The monoisotopic (exact) mass is 387 g/mol. The average Bonchev–Trinajstić information content (AvgIpc) is 3.11. The Morgan fingerprint density at radius 1 is 1.14 bits per heavy atom. The van der Waals surface area contributed by atoms with Crippen LogP contribution in [0.1, 0.15) is 12.0 Å². The van der Waals surface area contributed by atoms with E-state index in [1.165, 1.54) is 12.1 Å². The minimum Gasteiger partial charge on any atom is -0.371 e. The number of hydrogen-bond donors (Lipinski definition) is 1. The van der Waals surface area contributed by atoms with Gasteiger partial charge in [-0.3, -0.25) is 4.40 Å². The van der Waals surface area contributed by atoms with Crippen LogP contribution in [0.2, 0.25) is 0 Å². The number of benzene rings is 2. The maximum Gasteiger partial charge on any atom is 0.158 e. The van der Waals surface area contributed by atoms with Crippen LogP contribution in [-0.2, 0) is 0 Å². The van der Waals surface area contributed by atoms with Crippen molar-refractivity contribution in [1.82, 2.24) is 14.3 Å². The van der Waals surface area contributed by atoms with Gasteiger partial charge in [0.25, 0.3) is 0 Å². The molecule has 0 spiro atoms. The number of pyridine rings is 1. The number of fused-ring (bicyclic) bond motifs is 3. The van der Waals surface area contributed by atoms with Crippen LogP contribution < -0.4 is 5.32 Å². The van der Waals surface area contributed by atoms with Gasteiger partial charge in [-0.15, -0.1) is 0 Å². The van der Waals surface area contributed by atoms with Crippen molar-refractivity contribution < 1.29 is 4.39 Å². The molecule has 0 unspecified atom stereocenters. The lowest BCUT2D eigenvalue weighted by atomic mass is 10.0. The summed E-state index contributed by atoms with van der Waals surface area (Å²) in [6, 6.07) is 18.3. The summed E-state index contributed by atoms with van der Waals surface area (Å²) in [5.74, 6) is 0.563. The van der Waals surface area contributed by atoms with E-state index in [0.29, 0.717) is 11.2 Å². The zero-order chi connectivity index (χ0) is 20.4. The molecule has 0 aliphatic carbocycles. The molecule has 2 aromatic heterocycles. The largest absolute Gasteiger partial charge is 0.371 e. The number of rotatable bonds is 6. The van der Waals surface area contributed by atoms with Gasteiger partial charge < -0.3 is 10.2 Å². The Labute approximate surface area is 169 Å². The van der Waals surface area contributed by atoms with Crippen LogP contribution in [0, 0.1) is 17.1 Å². The van der Waals surface area contributed by atoms with Crippen LogP contribution in [0.15, 0.2) is 54.6 Å². The number of nitrogens with zero attached hydrogens (tertiary/aromatic N) is 4. The minimum atomic E-state index is -0.304. The van der Waals surface area contributed by atoms with Crippen molar-refractivity contribution in [2.24, 2.45) is 0 Å². The van der Waals surface area contributed by atoms with E-state index < -0.39 is 0 Å². The molecular weight excluding hydrogens is 365 g/mol. The molecule has 1 N–H and O–H groups in total. The van der Waals surface area contributed by atoms with E-state index in [2.05, 4.69) is 30.4 Å². The van der Waals surface area contributed by atoms with E-state index in [4.69, 9.17) is 4.98 Å². The molecule has 0 bridgehead atoms. The number of imidazole rings is 1. The molecule has 0 aliphatic rings. The van der Waals surface area contributed by atoms with Crippen LogP contribution in [0.3, 0.4) is 0 Å². The normalized spacial score (nSPS) is 11.3. The van der Waals surface area contributed by atoms with Crippen LogP contribution >= 0.6 is 0 Å². The molecule has 5 nitrogen and oxygen atoms in total. The van der Waals surface area contributed by atoms with Gasteiger partial charge in [-0.25, -0.2) is 9.37 Å². The first kappa shape index (κ1) is 18.9. The fourth-order valence-corrected chi connectivity index (χ4v) is 3.54. The summed E-state index contributed by atoms with van der Waals surface area (Å²) in [5, 5.41) is 13.4. The molecule has 29 heavy (non-hydrogen) atoms. The highest BCUT2D eigenvalue weighted by Crippen LogP contribution is 2.32. The lowest BCUT2D eigenvalue weighted by molar-refractivity contribution is 0.405. The number of para-hydroxylation sites is 2. The van der Waals surface area contributed by atoms with E-state index in [9.17, 15) is 9.65 Å². The first-order chi connectivity index (χ1) is 14.1. The van der Waals surface area contributed by atoms with Crippen LogP contribution in [0.4, 0.5) is 10.2 Å². The fraction of sp³-hybridized carbons (Fsp3) is 0.217. The second-order valence-electron chi connectivity index (χ2n) is 7.28. The van der Waals surface area contributed by atoms with Crippen molar-refractivity contribution in [2.75, 3.05) is 32.5 Å². The van der Waals surface area contributed by atoms with Gasteiger partial charge in [0.2, 0.25) is 0 Å². The molecule has 0 saturated carbocycles. The average molecular weight is 387 g/mol.